The molecule has 1 saturated heterocycles. The largest absolute Gasteiger partial charge is 0.444 e. The molecule has 0 aromatic heterocycles. The van der Waals surface area contributed by atoms with Crippen LogP contribution in [0.15, 0.2) is 4.99 Å². The second kappa shape index (κ2) is 7.36. The van der Waals surface area contributed by atoms with Gasteiger partial charge in [-0.05, 0) is 39.5 Å². The number of nitrogens with one attached hydrogen (secondary N) is 1. The highest BCUT2D eigenvalue weighted by Gasteiger charge is 2.17. The van der Waals surface area contributed by atoms with E-state index in [0.717, 1.165) is 31.8 Å². The molecule has 116 valence electrons. The molecular weight excluding hydrogens is 256 g/mol. The fourth-order valence-corrected chi connectivity index (χ4v) is 1.98. The summed E-state index contributed by atoms with van der Waals surface area (Å²) in [6.07, 6.45) is 1.90. The van der Waals surface area contributed by atoms with Crippen LogP contribution in [0, 0.1) is 5.92 Å². The molecule has 0 saturated carbocycles. The number of guanidine groups is 1. The number of hydrogen-bond donors (Lipinski definition) is 2. The summed E-state index contributed by atoms with van der Waals surface area (Å²) in [4.78, 5) is 17.8. The summed E-state index contributed by atoms with van der Waals surface area (Å²) in [5, 5.41) is 2.66. The summed E-state index contributed by atoms with van der Waals surface area (Å²) in [6.45, 7) is 10.6. The van der Waals surface area contributed by atoms with E-state index < -0.39 is 11.7 Å². The molecule has 1 heterocycles. The van der Waals surface area contributed by atoms with Crippen molar-refractivity contribution in [2.45, 2.75) is 46.1 Å². The summed E-state index contributed by atoms with van der Waals surface area (Å²) in [6, 6.07) is 0. The van der Waals surface area contributed by atoms with Crippen molar-refractivity contribution in [1.82, 2.24) is 10.2 Å². The Morgan fingerprint density at radius 1 is 1.40 bits per heavy atom. The number of piperidine rings is 1. The molecule has 1 aliphatic rings. The lowest BCUT2D eigenvalue weighted by molar-refractivity contribution is 0.0529. The van der Waals surface area contributed by atoms with Gasteiger partial charge in [0.25, 0.3) is 0 Å². The van der Waals surface area contributed by atoms with Crippen LogP contribution in [0.2, 0.25) is 0 Å². The molecule has 0 aromatic rings. The number of likely N-dealkylation sites (tertiary alicyclic amines) is 1. The zero-order chi connectivity index (χ0) is 15.2. The number of aliphatic imine (C=N–C) groups is 1. The standard InChI is InChI=1S/C14H28N4O2/c1-11-5-9-18(10-6-11)12(15)16-7-8-17-13(19)20-14(2,3)4/h11H,5-10H2,1-4H3,(H2,15,16)(H,17,19). The molecule has 0 unspecified atom stereocenters. The monoisotopic (exact) mass is 284 g/mol. The van der Waals surface area contributed by atoms with E-state index in [2.05, 4.69) is 22.1 Å². The van der Waals surface area contributed by atoms with Gasteiger partial charge < -0.3 is 20.7 Å². The van der Waals surface area contributed by atoms with E-state index in [-0.39, 0.29) is 0 Å². The molecule has 20 heavy (non-hydrogen) atoms. The van der Waals surface area contributed by atoms with E-state index in [1.54, 1.807) is 0 Å². The van der Waals surface area contributed by atoms with Crippen LogP contribution in [0.4, 0.5) is 4.79 Å². The van der Waals surface area contributed by atoms with E-state index >= 15 is 0 Å². The molecular formula is C14H28N4O2. The van der Waals surface area contributed by atoms with Gasteiger partial charge in [0, 0.05) is 19.6 Å². The third-order valence-corrected chi connectivity index (χ3v) is 3.16. The van der Waals surface area contributed by atoms with E-state index in [1.165, 1.54) is 0 Å². The average molecular weight is 284 g/mol. The molecule has 0 spiro atoms. The minimum atomic E-state index is -0.475. The number of rotatable bonds is 3. The molecule has 0 aromatic carbocycles. The Bertz CT molecular complexity index is 342. The fourth-order valence-electron chi connectivity index (χ4n) is 1.98. The number of amides is 1. The number of hydrogen-bond acceptors (Lipinski definition) is 3. The van der Waals surface area contributed by atoms with Gasteiger partial charge in [0.05, 0.1) is 6.54 Å². The Hall–Kier alpha value is -1.46. The van der Waals surface area contributed by atoms with Crippen molar-refractivity contribution in [3.05, 3.63) is 0 Å². The van der Waals surface area contributed by atoms with Crippen LogP contribution < -0.4 is 11.1 Å². The molecule has 0 bridgehead atoms. The third-order valence-electron chi connectivity index (χ3n) is 3.16. The molecule has 1 amide bonds. The summed E-state index contributed by atoms with van der Waals surface area (Å²) < 4.78 is 5.13. The number of carbonyl (C=O) groups is 1. The van der Waals surface area contributed by atoms with Crippen molar-refractivity contribution < 1.29 is 9.53 Å². The van der Waals surface area contributed by atoms with Crippen LogP contribution in [-0.2, 0) is 4.74 Å². The van der Waals surface area contributed by atoms with E-state index in [0.29, 0.717) is 19.0 Å². The SMILES string of the molecule is CC1CCN(C(N)=NCCNC(=O)OC(C)(C)C)CC1. The van der Waals surface area contributed by atoms with Crippen LogP contribution in [0.25, 0.3) is 0 Å². The first-order valence-corrected chi connectivity index (χ1v) is 7.29. The van der Waals surface area contributed by atoms with E-state index in [4.69, 9.17) is 10.5 Å². The third kappa shape index (κ3) is 6.63. The second-order valence-electron chi connectivity index (χ2n) is 6.34. The number of carbonyl (C=O) groups excluding carboxylic acids is 1. The zero-order valence-corrected chi connectivity index (χ0v) is 13.1. The maximum atomic E-state index is 11.4. The lowest BCUT2D eigenvalue weighted by Crippen LogP contribution is -2.43. The second-order valence-corrected chi connectivity index (χ2v) is 6.34. The van der Waals surface area contributed by atoms with Gasteiger partial charge in [-0.25, -0.2) is 4.79 Å². The molecule has 0 radical (unpaired) electrons. The van der Waals surface area contributed by atoms with Gasteiger partial charge in [-0.15, -0.1) is 0 Å². The van der Waals surface area contributed by atoms with Crippen molar-refractivity contribution in [1.29, 1.82) is 0 Å². The molecule has 0 aliphatic carbocycles. The Kier molecular flexibility index (Phi) is 6.10. The summed E-state index contributed by atoms with van der Waals surface area (Å²) in [5.41, 5.74) is 5.47. The first kappa shape index (κ1) is 16.6. The van der Waals surface area contributed by atoms with Crippen molar-refractivity contribution in [3.63, 3.8) is 0 Å². The minimum Gasteiger partial charge on any atom is -0.444 e. The summed E-state index contributed by atoms with van der Waals surface area (Å²) >= 11 is 0. The molecule has 6 heteroatoms. The first-order chi connectivity index (χ1) is 9.28. The highest BCUT2D eigenvalue weighted by molar-refractivity contribution is 5.78. The highest BCUT2D eigenvalue weighted by Crippen LogP contribution is 2.15. The van der Waals surface area contributed by atoms with Gasteiger partial charge in [0.1, 0.15) is 5.60 Å². The number of nitrogens with two attached hydrogens (primary N) is 1. The molecule has 1 rings (SSSR count). The lowest BCUT2D eigenvalue weighted by Gasteiger charge is -2.31. The van der Waals surface area contributed by atoms with Crippen LogP contribution in [-0.4, -0.2) is 48.7 Å². The molecule has 3 N–H and O–H groups in total. The number of ether oxygens (including phenoxy) is 1. The maximum Gasteiger partial charge on any atom is 0.407 e. The molecule has 1 aliphatic heterocycles. The predicted molar refractivity (Wildman–Crippen MR) is 80.7 cm³/mol. The van der Waals surface area contributed by atoms with Gasteiger partial charge in [0.15, 0.2) is 5.96 Å². The average Bonchev–Trinajstić information content (AvgIpc) is 2.33. The Balaban J connectivity index is 2.22. The number of alkyl carbamates (subject to hydrolysis) is 1. The predicted octanol–water partition coefficient (Wildman–Crippen LogP) is 1.56. The Morgan fingerprint density at radius 3 is 2.55 bits per heavy atom. The lowest BCUT2D eigenvalue weighted by atomic mass is 10.00. The maximum absolute atomic E-state index is 11.4. The molecule has 6 nitrogen and oxygen atoms in total. The minimum absolute atomic E-state index is 0.418. The number of nitrogens with zero attached hydrogens (tertiary/aromatic N) is 2. The first-order valence-electron chi connectivity index (χ1n) is 7.29. The fraction of sp³-hybridized carbons (Fsp3) is 0.857. The Morgan fingerprint density at radius 2 is 2.00 bits per heavy atom. The van der Waals surface area contributed by atoms with Crippen LogP contribution in [0.1, 0.15) is 40.5 Å². The summed E-state index contributed by atoms with van der Waals surface area (Å²) in [5.74, 6) is 1.34. The molecule has 1 fully saturated rings. The van der Waals surface area contributed by atoms with Gasteiger partial charge in [-0.3, -0.25) is 4.99 Å². The van der Waals surface area contributed by atoms with Crippen molar-refractivity contribution in [3.8, 4) is 0 Å². The highest BCUT2D eigenvalue weighted by atomic mass is 16.6. The van der Waals surface area contributed by atoms with E-state index in [9.17, 15) is 4.79 Å². The van der Waals surface area contributed by atoms with Crippen molar-refractivity contribution >= 4 is 12.1 Å². The van der Waals surface area contributed by atoms with Crippen molar-refractivity contribution in [2.24, 2.45) is 16.6 Å². The zero-order valence-electron chi connectivity index (χ0n) is 13.1. The van der Waals surface area contributed by atoms with Crippen LogP contribution in [0.3, 0.4) is 0 Å². The van der Waals surface area contributed by atoms with Gasteiger partial charge >= 0.3 is 6.09 Å². The Labute approximate surface area is 121 Å². The van der Waals surface area contributed by atoms with Gasteiger partial charge in [-0.2, -0.15) is 0 Å². The topological polar surface area (TPSA) is 80.0 Å². The quantitative estimate of drug-likeness (QED) is 0.468. The van der Waals surface area contributed by atoms with Crippen LogP contribution >= 0.6 is 0 Å². The molecule has 0 atom stereocenters. The smallest absolute Gasteiger partial charge is 0.407 e. The van der Waals surface area contributed by atoms with Crippen LogP contribution in [0.5, 0.6) is 0 Å². The van der Waals surface area contributed by atoms with Crippen molar-refractivity contribution in [2.75, 3.05) is 26.2 Å². The van der Waals surface area contributed by atoms with Gasteiger partial charge in [0.2, 0.25) is 0 Å². The summed E-state index contributed by atoms with van der Waals surface area (Å²) in [7, 11) is 0. The van der Waals surface area contributed by atoms with Gasteiger partial charge in [-0.1, -0.05) is 6.92 Å². The van der Waals surface area contributed by atoms with E-state index in [1.807, 2.05) is 20.8 Å². The normalized spacial score (nSPS) is 18.0.